The molecule has 19 heavy (non-hydrogen) atoms. The monoisotopic (exact) mass is 275 g/mol. The number of likely N-dealkylation sites (tertiary alicyclic amines) is 1. The molecule has 2 aromatic rings. The molecular weight excluding hydrogens is 258 g/mol. The molecule has 0 amide bonds. The first-order chi connectivity index (χ1) is 9.35. The van der Waals surface area contributed by atoms with Crippen LogP contribution in [0.1, 0.15) is 18.7 Å². The van der Waals surface area contributed by atoms with Gasteiger partial charge in [0.15, 0.2) is 0 Å². The molecule has 1 aliphatic heterocycles. The van der Waals surface area contributed by atoms with Gasteiger partial charge in [-0.05, 0) is 56.5 Å². The molecule has 3 rings (SSSR count). The Balaban J connectivity index is 1.72. The summed E-state index contributed by atoms with van der Waals surface area (Å²) in [5.41, 5.74) is 1.01. The van der Waals surface area contributed by atoms with E-state index in [0.29, 0.717) is 11.7 Å². The van der Waals surface area contributed by atoms with E-state index in [1.165, 1.54) is 17.7 Å². The van der Waals surface area contributed by atoms with E-state index in [9.17, 15) is 0 Å². The predicted octanol–water partition coefficient (Wildman–Crippen LogP) is 3.05. The lowest BCUT2D eigenvalue weighted by molar-refractivity contribution is 0.268. The lowest BCUT2D eigenvalue weighted by Gasteiger charge is -2.09. The Morgan fingerprint density at radius 3 is 2.63 bits per heavy atom. The fraction of sp³-hybridized carbons (Fsp3) is 0.429. The van der Waals surface area contributed by atoms with Crippen molar-refractivity contribution in [1.29, 1.82) is 0 Å². The van der Waals surface area contributed by atoms with Crippen molar-refractivity contribution in [2.75, 3.05) is 19.3 Å². The summed E-state index contributed by atoms with van der Waals surface area (Å²) in [4.78, 5) is 8.07. The molecule has 0 spiro atoms. The van der Waals surface area contributed by atoms with Gasteiger partial charge in [0, 0.05) is 10.5 Å². The maximum Gasteiger partial charge on any atom is 0.241 e. The van der Waals surface area contributed by atoms with Crippen LogP contribution in [0, 0.1) is 0 Å². The molecular formula is C14H17N3OS. The SMILES string of the molecule is CSc1ccc(-c2noc(CN3CCCC3)n2)cc1. The second kappa shape index (κ2) is 5.75. The zero-order valence-corrected chi connectivity index (χ0v) is 11.8. The Kier molecular flexibility index (Phi) is 3.84. The highest BCUT2D eigenvalue weighted by Crippen LogP contribution is 2.21. The zero-order valence-electron chi connectivity index (χ0n) is 11.0. The van der Waals surface area contributed by atoms with Crippen LogP contribution in [-0.2, 0) is 6.54 Å². The number of benzene rings is 1. The molecule has 2 heterocycles. The van der Waals surface area contributed by atoms with Crippen LogP contribution in [0.4, 0.5) is 0 Å². The average molecular weight is 275 g/mol. The van der Waals surface area contributed by atoms with Gasteiger partial charge in [0.2, 0.25) is 11.7 Å². The second-order valence-electron chi connectivity index (χ2n) is 4.72. The molecule has 5 heteroatoms. The third kappa shape index (κ3) is 2.98. The minimum absolute atomic E-state index is 0.682. The van der Waals surface area contributed by atoms with E-state index in [1.54, 1.807) is 11.8 Å². The summed E-state index contributed by atoms with van der Waals surface area (Å²) in [7, 11) is 0. The van der Waals surface area contributed by atoms with E-state index in [1.807, 2.05) is 12.1 Å². The summed E-state index contributed by atoms with van der Waals surface area (Å²) in [6.45, 7) is 3.05. The Morgan fingerprint density at radius 2 is 1.95 bits per heavy atom. The van der Waals surface area contributed by atoms with E-state index in [2.05, 4.69) is 33.4 Å². The Labute approximate surface area is 117 Å². The van der Waals surface area contributed by atoms with Gasteiger partial charge >= 0.3 is 0 Å². The van der Waals surface area contributed by atoms with Crippen molar-refractivity contribution in [2.45, 2.75) is 24.3 Å². The van der Waals surface area contributed by atoms with Gasteiger partial charge in [0.05, 0.1) is 6.54 Å². The van der Waals surface area contributed by atoms with E-state index >= 15 is 0 Å². The first-order valence-corrected chi connectivity index (χ1v) is 7.77. The lowest BCUT2D eigenvalue weighted by Crippen LogP contribution is -2.18. The number of hydrogen-bond acceptors (Lipinski definition) is 5. The molecule has 0 saturated carbocycles. The Hall–Kier alpha value is -1.33. The highest BCUT2D eigenvalue weighted by atomic mass is 32.2. The number of aromatic nitrogens is 2. The molecule has 0 unspecified atom stereocenters. The summed E-state index contributed by atoms with van der Waals surface area (Å²) < 4.78 is 5.33. The van der Waals surface area contributed by atoms with Crippen LogP contribution in [-0.4, -0.2) is 34.4 Å². The first-order valence-electron chi connectivity index (χ1n) is 6.54. The average Bonchev–Trinajstić information content (AvgIpc) is 3.11. The second-order valence-corrected chi connectivity index (χ2v) is 5.60. The van der Waals surface area contributed by atoms with Crippen molar-refractivity contribution in [3.05, 3.63) is 30.2 Å². The lowest BCUT2D eigenvalue weighted by atomic mass is 10.2. The highest BCUT2D eigenvalue weighted by Gasteiger charge is 2.16. The van der Waals surface area contributed by atoms with Crippen LogP contribution < -0.4 is 0 Å². The standard InChI is InChI=1S/C14H17N3OS/c1-19-12-6-4-11(5-7-12)14-15-13(18-16-14)10-17-8-2-3-9-17/h4-7H,2-3,8-10H2,1H3. The topological polar surface area (TPSA) is 42.2 Å². The fourth-order valence-electron chi connectivity index (χ4n) is 2.31. The summed E-state index contributed by atoms with van der Waals surface area (Å²) >= 11 is 1.73. The van der Waals surface area contributed by atoms with Gasteiger partial charge < -0.3 is 4.52 Å². The molecule has 0 aliphatic carbocycles. The van der Waals surface area contributed by atoms with Gasteiger partial charge in [0.1, 0.15) is 0 Å². The van der Waals surface area contributed by atoms with Crippen LogP contribution in [0.2, 0.25) is 0 Å². The van der Waals surface area contributed by atoms with Crippen molar-refractivity contribution >= 4 is 11.8 Å². The van der Waals surface area contributed by atoms with E-state index in [-0.39, 0.29) is 0 Å². The predicted molar refractivity (Wildman–Crippen MR) is 76.0 cm³/mol. The van der Waals surface area contributed by atoms with Crippen molar-refractivity contribution in [3.8, 4) is 11.4 Å². The summed E-state index contributed by atoms with van der Waals surface area (Å²) in [5, 5.41) is 4.06. The zero-order chi connectivity index (χ0) is 13.1. The smallest absolute Gasteiger partial charge is 0.241 e. The van der Waals surface area contributed by atoms with E-state index in [0.717, 1.165) is 25.2 Å². The molecule has 4 nitrogen and oxygen atoms in total. The quantitative estimate of drug-likeness (QED) is 0.802. The fourth-order valence-corrected chi connectivity index (χ4v) is 2.72. The van der Waals surface area contributed by atoms with Crippen LogP contribution in [0.15, 0.2) is 33.7 Å². The molecule has 1 fully saturated rings. The number of thioether (sulfide) groups is 1. The van der Waals surface area contributed by atoms with Crippen molar-refractivity contribution in [2.24, 2.45) is 0 Å². The third-order valence-corrected chi connectivity index (χ3v) is 4.12. The van der Waals surface area contributed by atoms with Gasteiger partial charge in [0.25, 0.3) is 0 Å². The van der Waals surface area contributed by atoms with Gasteiger partial charge in [-0.25, -0.2) is 0 Å². The molecule has 0 radical (unpaired) electrons. The minimum atomic E-state index is 0.682. The molecule has 0 bridgehead atoms. The number of nitrogens with zero attached hydrogens (tertiary/aromatic N) is 3. The molecule has 100 valence electrons. The molecule has 1 aliphatic rings. The van der Waals surface area contributed by atoms with Crippen LogP contribution in [0.25, 0.3) is 11.4 Å². The maximum atomic E-state index is 5.33. The summed E-state index contributed by atoms with van der Waals surface area (Å²) in [6.07, 6.45) is 4.62. The van der Waals surface area contributed by atoms with Crippen molar-refractivity contribution in [3.63, 3.8) is 0 Å². The normalized spacial score (nSPS) is 16.1. The Bertz CT molecular complexity index is 532. The number of hydrogen-bond donors (Lipinski definition) is 0. The van der Waals surface area contributed by atoms with Gasteiger partial charge in [-0.1, -0.05) is 5.16 Å². The minimum Gasteiger partial charge on any atom is -0.338 e. The van der Waals surface area contributed by atoms with Crippen LogP contribution in [0.3, 0.4) is 0 Å². The summed E-state index contributed by atoms with van der Waals surface area (Å²) in [5.74, 6) is 1.40. The van der Waals surface area contributed by atoms with Gasteiger partial charge in [-0.3, -0.25) is 4.90 Å². The number of rotatable bonds is 4. The third-order valence-electron chi connectivity index (χ3n) is 3.37. The molecule has 1 aromatic carbocycles. The van der Waals surface area contributed by atoms with Crippen molar-refractivity contribution < 1.29 is 4.52 Å². The largest absolute Gasteiger partial charge is 0.338 e. The van der Waals surface area contributed by atoms with Crippen molar-refractivity contribution in [1.82, 2.24) is 15.0 Å². The first kappa shape index (κ1) is 12.7. The highest BCUT2D eigenvalue weighted by molar-refractivity contribution is 7.98. The van der Waals surface area contributed by atoms with E-state index < -0.39 is 0 Å². The molecule has 0 N–H and O–H groups in total. The van der Waals surface area contributed by atoms with Crippen LogP contribution in [0.5, 0.6) is 0 Å². The van der Waals surface area contributed by atoms with Crippen LogP contribution >= 0.6 is 11.8 Å². The van der Waals surface area contributed by atoms with E-state index in [4.69, 9.17) is 4.52 Å². The molecule has 1 aromatic heterocycles. The van der Waals surface area contributed by atoms with Gasteiger partial charge in [-0.2, -0.15) is 4.98 Å². The molecule has 1 saturated heterocycles. The maximum absolute atomic E-state index is 5.33. The summed E-state index contributed by atoms with van der Waals surface area (Å²) in [6, 6.07) is 8.24. The molecule has 0 atom stereocenters. The van der Waals surface area contributed by atoms with Gasteiger partial charge in [-0.15, -0.1) is 11.8 Å². The Morgan fingerprint density at radius 1 is 1.21 bits per heavy atom.